The van der Waals surface area contributed by atoms with Gasteiger partial charge in [-0.25, -0.2) is 4.98 Å². The van der Waals surface area contributed by atoms with E-state index in [0.717, 1.165) is 0 Å². The Hall–Kier alpha value is -2.15. The van der Waals surface area contributed by atoms with Gasteiger partial charge in [0.25, 0.3) is 5.91 Å². The van der Waals surface area contributed by atoms with Crippen molar-refractivity contribution < 1.29 is 18.0 Å². The molecule has 0 aromatic carbocycles. The maximum atomic E-state index is 12.6. The average Bonchev–Trinajstić information content (AvgIpc) is 2.38. The van der Waals surface area contributed by atoms with Gasteiger partial charge in [0.15, 0.2) is 0 Å². The molecule has 0 bridgehead atoms. The molecule has 0 aliphatic heterocycles. The minimum atomic E-state index is -4.60. The number of pyridine rings is 2. The molecule has 0 spiro atoms. The molecule has 0 saturated heterocycles. The zero-order valence-corrected chi connectivity index (χ0v) is 10.5. The number of amides is 1. The molecule has 1 N–H and O–H groups in total. The van der Waals surface area contributed by atoms with E-state index in [1.54, 1.807) is 0 Å². The van der Waals surface area contributed by atoms with Crippen LogP contribution < -0.4 is 5.32 Å². The first kappa shape index (κ1) is 14.3. The van der Waals surface area contributed by atoms with Crippen molar-refractivity contribution in [2.45, 2.75) is 6.18 Å². The third kappa shape index (κ3) is 3.45. The highest BCUT2D eigenvalue weighted by Crippen LogP contribution is 2.31. The lowest BCUT2D eigenvalue weighted by atomic mass is 10.2. The Balaban J connectivity index is 2.29. The van der Waals surface area contributed by atoms with Crippen LogP contribution >= 0.6 is 11.6 Å². The van der Waals surface area contributed by atoms with Gasteiger partial charge in [0.1, 0.15) is 10.8 Å². The quantitative estimate of drug-likeness (QED) is 0.865. The normalized spacial score (nSPS) is 11.2. The molecule has 104 valence electrons. The SMILES string of the molecule is O=C(Nc1ccncc1)c1cc(C(F)(F)F)cc(Cl)n1. The summed E-state index contributed by atoms with van der Waals surface area (Å²) in [6, 6.07) is 4.29. The molecule has 0 aliphatic carbocycles. The molecule has 0 saturated carbocycles. The second-order valence-corrected chi connectivity index (χ2v) is 4.14. The van der Waals surface area contributed by atoms with E-state index in [1.807, 2.05) is 0 Å². The molecule has 8 heteroatoms. The second kappa shape index (κ2) is 5.46. The number of nitrogens with zero attached hydrogens (tertiary/aromatic N) is 2. The van der Waals surface area contributed by atoms with Gasteiger partial charge in [-0.3, -0.25) is 9.78 Å². The molecule has 1 amide bonds. The highest BCUT2D eigenvalue weighted by molar-refractivity contribution is 6.29. The Kier molecular flexibility index (Phi) is 3.89. The Labute approximate surface area is 116 Å². The number of alkyl halides is 3. The number of rotatable bonds is 2. The van der Waals surface area contributed by atoms with Crippen LogP contribution in [0.3, 0.4) is 0 Å². The maximum absolute atomic E-state index is 12.6. The summed E-state index contributed by atoms with van der Waals surface area (Å²) in [5.41, 5.74) is -1.06. The molecule has 0 aliphatic rings. The van der Waals surface area contributed by atoms with Crippen LogP contribution in [0.5, 0.6) is 0 Å². The average molecular weight is 302 g/mol. The van der Waals surface area contributed by atoms with Crippen LogP contribution in [0.2, 0.25) is 5.15 Å². The van der Waals surface area contributed by atoms with Crippen molar-refractivity contribution in [2.75, 3.05) is 5.32 Å². The predicted octanol–water partition coefficient (Wildman–Crippen LogP) is 3.40. The van der Waals surface area contributed by atoms with Crippen LogP contribution in [-0.4, -0.2) is 15.9 Å². The minimum Gasteiger partial charge on any atom is -0.321 e. The van der Waals surface area contributed by atoms with E-state index >= 15 is 0 Å². The van der Waals surface area contributed by atoms with Crippen molar-refractivity contribution in [2.24, 2.45) is 0 Å². The molecule has 2 aromatic heterocycles. The van der Waals surface area contributed by atoms with Gasteiger partial charge >= 0.3 is 6.18 Å². The molecular weight excluding hydrogens is 295 g/mol. The molecule has 4 nitrogen and oxygen atoms in total. The van der Waals surface area contributed by atoms with E-state index in [2.05, 4.69) is 15.3 Å². The minimum absolute atomic E-state index is 0.389. The van der Waals surface area contributed by atoms with Crippen LogP contribution in [0.1, 0.15) is 16.1 Å². The monoisotopic (exact) mass is 301 g/mol. The second-order valence-electron chi connectivity index (χ2n) is 3.75. The van der Waals surface area contributed by atoms with Crippen LogP contribution in [0, 0.1) is 0 Å². The van der Waals surface area contributed by atoms with E-state index < -0.39 is 28.5 Å². The number of nitrogens with one attached hydrogen (secondary N) is 1. The lowest BCUT2D eigenvalue weighted by Gasteiger charge is -2.09. The zero-order chi connectivity index (χ0) is 14.8. The van der Waals surface area contributed by atoms with Gasteiger partial charge in [0.05, 0.1) is 5.56 Å². The molecule has 0 unspecified atom stereocenters. The largest absolute Gasteiger partial charge is 0.416 e. The summed E-state index contributed by atoms with van der Waals surface area (Å²) in [6.45, 7) is 0. The lowest BCUT2D eigenvalue weighted by molar-refractivity contribution is -0.137. The molecule has 0 radical (unpaired) electrons. The van der Waals surface area contributed by atoms with Crippen molar-refractivity contribution in [1.82, 2.24) is 9.97 Å². The Morgan fingerprint density at radius 3 is 2.45 bits per heavy atom. The molecule has 2 rings (SSSR count). The van der Waals surface area contributed by atoms with Crippen LogP contribution in [-0.2, 0) is 6.18 Å². The Morgan fingerprint density at radius 2 is 1.85 bits per heavy atom. The molecule has 0 fully saturated rings. The fraction of sp³-hybridized carbons (Fsp3) is 0.0833. The maximum Gasteiger partial charge on any atom is 0.416 e. The van der Waals surface area contributed by atoms with Crippen LogP contribution in [0.25, 0.3) is 0 Å². The van der Waals surface area contributed by atoms with Crippen molar-refractivity contribution in [3.8, 4) is 0 Å². The van der Waals surface area contributed by atoms with E-state index in [0.29, 0.717) is 17.8 Å². The molecular formula is C12H7ClF3N3O. The Morgan fingerprint density at radius 1 is 1.20 bits per heavy atom. The topological polar surface area (TPSA) is 54.9 Å². The van der Waals surface area contributed by atoms with E-state index in [-0.39, 0.29) is 0 Å². The zero-order valence-electron chi connectivity index (χ0n) is 9.78. The fourth-order valence-electron chi connectivity index (χ4n) is 1.41. The van der Waals surface area contributed by atoms with Gasteiger partial charge in [0.2, 0.25) is 0 Å². The third-order valence-electron chi connectivity index (χ3n) is 2.29. The first-order valence-electron chi connectivity index (χ1n) is 5.32. The first-order chi connectivity index (χ1) is 9.36. The van der Waals surface area contributed by atoms with E-state index in [4.69, 9.17) is 11.6 Å². The smallest absolute Gasteiger partial charge is 0.321 e. The molecule has 0 atom stereocenters. The summed E-state index contributed by atoms with van der Waals surface area (Å²) in [7, 11) is 0. The first-order valence-corrected chi connectivity index (χ1v) is 5.70. The third-order valence-corrected chi connectivity index (χ3v) is 2.49. The predicted molar refractivity (Wildman–Crippen MR) is 66.4 cm³/mol. The van der Waals surface area contributed by atoms with Gasteiger partial charge in [-0.05, 0) is 24.3 Å². The summed E-state index contributed by atoms with van der Waals surface area (Å²) >= 11 is 5.50. The number of halogens is 4. The highest BCUT2D eigenvalue weighted by Gasteiger charge is 2.32. The van der Waals surface area contributed by atoms with Crippen LogP contribution in [0.15, 0.2) is 36.7 Å². The number of carbonyl (C=O) groups excluding carboxylic acids is 1. The summed E-state index contributed by atoms with van der Waals surface area (Å²) < 4.78 is 37.8. The van der Waals surface area contributed by atoms with Crippen molar-refractivity contribution in [3.63, 3.8) is 0 Å². The van der Waals surface area contributed by atoms with Gasteiger partial charge in [0, 0.05) is 18.1 Å². The molecule has 20 heavy (non-hydrogen) atoms. The number of carbonyl (C=O) groups is 1. The van der Waals surface area contributed by atoms with Crippen LogP contribution in [0.4, 0.5) is 18.9 Å². The van der Waals surface area contributed by atoms with Gasteiger partial charge in [-0.1, -0.05) is 11.6 Å². The van der Waals surface area contributed by atoms with Crippen molar-refractivity contribution in [1.29, 1.82) is 0 Å². The highest BCUT2D eigenvalue weighted by atomic mass is 35.5. The van der Waals surface area contributed by atoms with Gasteiger partial charge in [-0.2, -0.15) is 13.2 Å². The van der Waals surface area contributed by atoms with Gasteiger partial charge in [-0.15, -0.1) is 0 Å². The summed E-state index contributed by atoms with van der Waals surface area (Å²) in [6.07, 6.45) is -1.73. The Bertz CT molecular complexity index is 632. The van der Waals surface area contributed by atoms with E-state index in [1.165, 1.54) is 24.5 Å². The molecule has 2 heterocycles. The lowest BCUT2D eigenvalue weighted by Crippen LogP contribution is -2.16. The van der Waals surface area contributed by atoms with E-state index in [9.17, 15) is 18.0 Å². The summed E-state index contributed by atoms with van der Waals surface area (Å²) in [4.78, 5) is 19.2. The number of hydrogen-bond acceptors (Lipinski definition) is 3. The standard InChI is InChI=1S/C12H7ClF3N3O/c13-10-6-7(12(14,15)16)5-9(19-10)11(20)18-8-1-3-17-4-2-8/h1-6H,(H,17,18,20). The van der Waals surface area contributed by atoms with Gasteiger partial charge < -0.3 is 5.32 Å². The van der Waals surface area contributed by atoms with Crippen molar-refractivity contribution >= 4 is 23.2 Å². The summed E-state index contributed by atoms with van der Waals surface area (Å²) in [5.74, 6) is -0.788. The number of hydrogen-bond donors (Lipinski definition) is 1. The summed E-state index contributed by atoms with van der Waals surface area (Å²) in [5, 5.41) is 1.99. The fourth-order valence-corrected chi connectivity index (χ4v) is 1.62. The number of aromatic nitrogens is 2. The van der Waals surface area contributed by atoms with Crippen molar-refractivity contribution in [3.05, 3.63) is 53.1 Å². The molecule has 2 aromatic rings. The number of anilines is 1.